The number of nitrogens with zero attached hydrogens (tertiary/aromatic N) is 3. The minimum atomic E-state index is 0.0588. The van der Waals surface area contributed by atoms with Crippen molar-refractivity contribution in [3.63, 3.8) is 0 Å². The summed E-state index contributed by atoms with van der Waals surface area (Å²) in [5.41, 5.74) is 6.69. The molecule has 0 atom stereocenters. The maximum Gasteiger partial charge on any atom is 0.330 e. The number of hydrogen-bond acceptors (Lipinski definition) is 6. The number of aromatic nitrogens is 3. The van der Waals surface area contributed by atoms with Crippen LogP contribution >= 0.6 is 0 Å². The van der Waals surface area contributed by atoms with E-state index in [4.69, 9.17) is 15.2 Å². The number of hydrogen-bond donors (Lipinski definition) is 1. The van der Waals surface area contributed by atoms with Gasteiger partial charge in [-0.05, 0) is 24.1 Å². The van der Waals surface area contributed by atoms with Crippen molar-refractivity contribution in [2.75, 3.05) is 12.8 Å². The van der Waals surface area contributed by atoms with Gasteiger partial charge in [-0.25, -0.2) is 0 Å². The van der Waals surface area contributed by atoms with Crippen molar-refractivity contribution >= 4 is 5.95 Å². The van der Waals surface area contributed by atoms with Gasteiger partial charge >= 0.3 is 12.0 Å². The molecule has 2 N–H and O–H groups in total. The first-order chi connectivity index (χ1) is 8.71. The summed E-state index contributed by atoms with van der Waals surface area (Å²) in [4.78, 5) is 11.6. The van der Waals surface area contributed by atoms with Crippen LogP contribution in [-0.2, 0) is 6.42 Å². The number of ether oxygens (including phenoxy) is 2. The van der Waals surface area contributed by atoms with E-state index in [2.05, 4.69) is 21.9 Å². The number of benzene rings is 1. The number of nitrogen functional groups attached to an aromatic ring is 1. The van der Waals surface area contributed by atoms with E-state index in [0.717, 1.165) is 6.42 Å². The van der Waals surface area contributed by atoms with Gasteiger partial charge in [0.05, 0.1) is 7.11 Å². The van der Waals surface area contributed by atoms with Gasteiger partial charge in [0, 0.05) is 0 Å². The van der Waals surface area contributed by atoms with E-state index in [0.29, 0.717) is 5.75 Å². The molecule has 0 radical (unpaired) electrons. The van der Waals surface area contributed by atoms with Crippen LogP contribution in [0.25, 0.3) is 0 Å². The van der Waals surface area contributed by atoms with Gasteiger partial charge in [-0.2, -0.15) is 9.97 Å². The zero-order chi connectivity index (χ0) is 13.0. The molecule has 0 bridgehead atoms. The van der Waals surface area contributed by atoms with Gasteiger partial charge in [0.25, 0.3) is 0 Å². The van der Waals surface area contributed by atoms with Gasteiger partial charge in [-0.1, -0.05) is 19.1 Å². The van der Waals surface area contributed by atoms with Crippen LogP contribution < -0.4 is 15.2 Å². The van der Waals surface area contributed by atoms with Gasteiger partial charge in [0.2, 0.25) is 5.95 Å². The van der Waals surface area contributed by atoms with Gasteiger partial charge in [-0.3, -0.25) is 0 Å². The van der Waals surface area contributed by atoms with Gasteiger partial charge in [0.15, 0.2) is 0 Å². The highest BCUT2D eigenvalue weighted by Gasteiger charge is 2.06. The van der Waals surface area contributed by atoms with Crippen molar-refractivity contribution in [3.05, 3.63) is 29.8 Å². The van der Waals surface area contributed by atoms with Gasteiger partial charge < -0.3 is 15.2 Å². The summed E-state index contributed by atoms with van der Waals surface area (Å²) >= 11 is 0. The molecule has 0 unspecified atom stereocenters. The molecule has 0 aliphatic carbocycles. The first-order valence-corrected chi connectivity index (χ1v) is 5.53. The third kappa shape index (κ3) is 2.85. The first-order valence-electron chi connectivity index (χ1n) is 5.53. The van der Waals surface area contributed by atoms with E-state index >= 15 is 0 Å². The van der Waals surface area contributed by atoms with Crippen LogP contribution in [-0.4, -0.2) is 22.1 Å². The molecule has 0 saturated carbocycles. The van der Waals surface area contributed by atoms with E-state index in [1.807, 2.05) is 24.3 Å². The number of anilines is 1. The smallest absolute Gasteiger partial charge is 0.330 e. The molecule has 2 aromatic rings. The molecular formula is C12H14N4O2. The molecule has 1 heterocycles. The van der Waals surface area contributed by atoms with Crippen LogP contribution in [0.3, 0.4) is 0 Å². The van der Waals surface area contributed by atoms with Crippen molar-refractivity contribution in [1.29, 1.82) is 0 Å². The second-order valence-electron chi connectivity index (χ2n) is 3.57. The summed E-state index contributed by atoms with van der Waals surface area (Å²) in [5, 5.41) is 0. The highest BCUT2D eigenvalue weighted by molar-refractivity contribution is 5.31. The van der Waals surface area contributed by atoms with E-state index in [-0.39, 0.29) is 18.0 Å². The Morgan fingerprint density at radius 2 is 1.94 bits per heavy atom. The fourth-order valence-corrected chi connectivity index (χ4v) is 1.42. The van der Waals surface area contributed by atoms with E-state index in [9.17, 15) is 0 Å². The third-order valence-electron chi connectivity index (χ3n) is 2.31. The van der Waals surface area contributed by atoms with Gasteiger partial charge in [0.1, 0.15) is 5.75 Å². The zero-order valence-electron chi connectivity index (χ0n) is 10.3. The molecule has 0 saturated heterocycles. The fraction of sp³-hybridized carbons (Fsp3) is 0.250. The van der Waals surface area contributed by atoms with Crippen molar-refractivity contribution in [2.24, 2.45) is 0 Å². The van der Waals surface area contributed by atoms with Crippen LogP contribution in [0.1, 0.15) is 12.5 Å². The molecule has 18 heavy (non-hydrogen) atoms. The molecule has 1 aromatic heterocycles. The molecule has 0 aliphatic rings. The number of methoxy groups -OCH3 is 1. The normalized spacial score (nSPS) is 10.1. The average molecular weight is 246 g/mol. The number of aryl methyl sites for hydroxylation is 1. The summed E-state index contributed by atoms with van der Waals surface area (Å²) in [6.07, 6.45) is 0.930. The van der Waals surface area contributed by atoms with E-state index in [1.54, 1.807) is 0 Å². The molecule has 0 amide bonds. The molecule has 6 nitrogen and oxygen atoms in total. The highest BCUT2D eigenvalue weighted by Crippen LogP contribution is 2.20. The van der Waals surface area contributed by atoms with Gasteiger partial charge in [-0.15, -0.1) is 4.98 Å². The summed E-state index contributed by atoms with van der Waals surface area (Å²) in [5.74, 6) is 0.713. The molecule has 0 fully saturated rings. The Kier molecular flexibility index (Phi) is 3.57. The Labute approximate surface area is 105 Å². The quantitative estimate of drug-likeness (QED) is 0.885. The summed E-state index contributed by atoms with van der Waals surface area (Å²) in [6, 6.07) is 7.93. The summed E-state index contributed by atoms with van der Waals surface area (Å²) in [6.45, 7) is 2.07. The summed E-state index contributed by atoms with van der Waals surface area (Å²) < 4.78 is 10.4. The van der Waals surface area contributed by atoms with E-state index < -0.39 is 0 Å². The maximum absolute atomic E-state index is 5.52. The average Bonchev–Trinajstić information content (AvgIpc) is 2.38. The molecule has 0 spiro atoms. The molecule has 2 rings (SSSR count). The Morgan fingerprint density at radius 1 is 1.17 bits per heavy atom. The lowest BCUT2D eigenvalue weighted by Crippen LogP contribution is -2.02. The van der Waals surface area contributed by atoms with Crippen LogP contribution in [0.2, 0.25) is 0 Å². The minimum absolute atomic E-state index is 0.0588. The maximum atomic E-state index is 5.52. The third-order valence-corrected chi connectivity index (χ3v) is 2.31. The molecule has 1 aromatic carbocycles. The SMILES string of the molecule is CCc1cccc(Oc2nc(N)nc(OC)n2)c1. The summed E-state index contributed by atoms with van der Waals surface area (Å²) in [7, 11) is 1.45. The second-order valence-corrected chi connectivity index (χ2v) is 3.57. The Hall–Kier alpha value is -2.37. The molecule has 6 heteroatoms. The van der Waals surface area contributed by atoms with Crippen molar-refractivity contribution in [1.82, 2.24) is 15.0 Å². The minimum Gasteiger partial charge on any atom is -0.467 e. The Bertz CT molecular complexity index is 545. The second kappa shape index (κ2) is 5.31. The van der Waals surface area contributed by atoms with Crippen molar-refractivity contribution < 1.29 is 9.47 Å². The lowest BCUT2D eigenvalue weighted by Gasteiger charge is -2.06. The van der Waals surface area contributed by atoms with Crippen LogP contribution in [0.4, 0.5) is 5.95 Å². The Morgan fingerprint density at radius 3 is 2.67 bits per heavy atom. The topological polar surface area (TPSA) is 83.2 Å². The standard InChI is InChI=1S/C12H14N4O2/c1-3-8-5-4-6-9(7-8)18-12-15-10(13)14-11(16-12)17-2/h4-7H,3H2,1-2H3,(H2,13,14,15,16). The Balaban J connectivity index is 2.24. The number of nitrogens with two attached hydrogens (primary N) is 1. The van der Waals surface area contributed by atoms with Crippen LogP contribution in [0, 0.1) is 0 Å². The molecule has 94 valence electrons. The lowest BCUT2D eigenvalue weighted by atomic mass is 10.2. The van der Waals surface area contributed by atoms with E-state index in [1.165, 1.54) is 12.7 Å². The number of rotatable bonds is 4. The van der Waals surface area contributed by atoms with Crippen LogP contribution in [0.15, 0.2) is 24.3 Å². The highest BCUT2D eigenvalue weighted by atomic mass is 16.5. The monoisotopic (exact) mass is 246 g/mol. The first kappa shape index (κ1) is 12.1. The van der Waals surface area contributed by atoms with Crippen molar-refractivity contribution in [2.45, 2.75) is 13.3 Å². The predicted molar refractivity (Wildman–Crippen MR) is 66.7 cm³/mol. The fourth-order valence-electron chi connectivity index (χ4n) is 1.42. The van der Waals surface area contributed by atoms with Crippen molar-refractivity contribution in [3.8, 4) is 17.8 Å². The van der Waals surface area contributed by atoms with Crippen LogP contribution in [0.5, 0.6) is 17.8 Å². The zero-order valence-corrected chi connectivity index (χ0v) is 10.3. The predicted octanol–water partition coefficient (Wildman–Crippen LogP) is 1.82. The lowest BCUT2D eigenvalue weighted by molar-refractivity contribution is 0.360. The largest absolute Gasteiger partial charge is 0.467 e. The molecule has 0 aliphatic heterocycles. The molecular weight excluding hydrogens is 232 g/mol.